The highest BCUT2D eigenvalue weighted by atomic mass is 32.1. The summed E-state index contributed by atoms with van der Waals surface area (Å²) in [5.41, 5.74) is 10.4. The number of likely N-dealkylation sites (tertiary alicyclic amines) is 1. The highest BCUT2D eigenvalue weighted by Gasteiger charge is 2.47. The topological polar surface area (TPSA) is 81.3 Å². The second kappa shape index (κ2) is 6.28. The van der Waals surface area contributed by atoms with Crippen molar-refractivity contribution in [1.82, 2.24) is 15.1 Å². The predicted molar refractivity (Wildman–Crippen MR) is 107 cm³/mol. The summed E-state index contributed by atoms with van der Waals surface area (Å²) < 4.78 is 5.80. The van der Waals surface area contributed by atoms with Crippen LogP contribution in [0, 0.1) is 20.8 Å². The molecule has 0 aliphatic carbocycles. The average Bonchev–Trinajstić information content (AvgIpc) is 2.96. The van der Waals surface area contributed by atoms with Crippen molar-refractivity contribution in [3.05, 3.63) is 51.5 Å². The number of hydrogen-bond acceptors (Lipinski definition) is 6. The maximum Gasteiger partial charge on any atom is 0.266 e. The van der Waals surface area contributed by atoms with Crippen LogP contribution >= 0.6 is 11.3 Å². The Balaban J connectivity index is 1.62. The molecule has 7 heteroatoms. The summed E-state index contributed by atoms with van der Waals surface area (Å²) in [6.07, 6.45) is 0. The normalized spacial score (nSPS) is 15.8. The molecule has 140 valence electrons. The number of hydrogen-bond donors (Lipinski definition) is 1. The Bertz CT molecular complexity index is 1040. The molecule has 3 heterocycles. The van der Waals surface area contributed by atoms with Crippen molar-refractivity contribution in [1.29, 1.82) is 0 Å². The first kappa shape index (κ1) is 17.9. The van der Waals surface area contributed by atoms with E-state index in [0.717, 1.165) is 22.2 Å². The fraction of sp³-hybridized carbons (Fsp3) is 0.350. The van der Waals surface area contributed by atoms with Crippen LogP contribution in [0.3, 0.4) is 0 Å². The molecule has 4 rings (SSSR count). The Morgan fingerprint density at radius 1 is 1.19 bits per heavy atom. The van der Waals surface area contributed by atoms with Crippen LogP contribution in [0.25, 0.3) is 10.2 Å². The summed E-state index contributed by atoms with van der Waals surface area (Å²) >= 11 is 1.31. The zero-order valence-corrected chi connectivity index (χ0v) is 16.7. The lowest BCUT2D eigenvalue weighted by atomic mass is 9.85. The molecule has 0 bridgehead atoms. The highest BCUT2D eigenvalue weighted by Crippen LogP contribution is 2.40. The van der Waals surface area contributed by atoms with Crippen LogP contribution in [0.2, 0.25) is 0 Å². The molecule has 0 spiro atoms. The summed E-state index contributed by atoms with van der Waals surface area (Å²) in [5, 5.41) is 9.19. The summed E-state index contributed by atoms with van der Waals surface area (Å²) in [4.78, 5) is 16.1. The predicted octanol–water partition coefficient (Wildman–Crippen LogP) is 3.20. The van der Waals surface area contributed by atoms with Gasteiger partial charge in [0.05, 0.1) is 24.5 Å². The Morgan fingerprint density at radius 2 is 1.85 bits per heavy atom. The van der Waals surface area contributed by atoms with Crippen molar-refractivity contribution in [2.24, 2.45) is 0 Å². The number of nitrogen functional groups attached to an aromatic ring is 1. The first-order valence-electron chi connectivity index (χ1n) is 8.80. The van der Waals surface area contributed by atoms with Gasteiger partial charge < -0.3 is 15.4 Å². The van der Waals surface area contributed by atoms with Crippen molar-refractivity contribution in [2.45, 2.75) is 26.4 Å². The molecule has 3 aromatic rings. The van der Waals surface area contributed by atoms with Crippen molar-refractivity contribution in [2.75, 3.05) is 25.9 Å². The zero-order chi connectivity index (χ0) is 19.3. The number of nitrogens with zero attached hydrogens (tertiary/aromatic N) is 3. The number of rotatable bonds is 3. The molecule has 2 aromatic heterocycles. The number of ether oxygens (including phenoxy) is 1. The van der Waals surface area contributed by atoms with E-state index in [1.165, 1.54) is 16.9 Å². The van der Waals surface area contributed by atoms with Crippen LogP contribution in [0.1, 0.15) is 32.1 Å². The molecular weight excluding hydrogens is 360 g/mol. The quantitative estimate of drug-likeness (QED) is 0.752. The number of nitrogens with two attached hydrogens (primary N) is 1. The third-order valence-corrected chi connectivity index (χ3v) is 6.56. The van der Waals surface area contributed by atoms with E-state index in [9.17, 15) is 4.79 Å². The van der Waals surface area contributed by atoms with Crippen molar-refractivity contribution >= 4 is 33.1 Å². The lowest BCUT2D eigenvalue weighted by Crippen LogP contribution is -2.62. The SMILES string of the molecule is COC1(c2ccc(C)cc2)CN(C(=O)c2sc3nnc(C)c(C)c3c2N)C1. The largest absolute Gasteiger partial charge is 0.397 e. The summed E-state index contributed by atoms with van der Waals surface area (Å²) in [6, 6.07) is 8.26. The van der Waals surface area contributed by atoms with Gasteiger partial charge in [-0.2, -0.15) is 5.10 Å². The number of aromatic nitrogens is 2. The van der Waals surface area contributed by atoms with Crippen LogP contribution in [0.5, 0.6) is 0 Å². The number of anilines is 1. The molecule has 0 saturated carbocycles. The van der Waals surface area contributed by atoms with Gasteiger partial charge in [-0.3, -0.25) is 4.79 Å². The molecular formula is C20H22N4O2S. The first-order chi connectivity index (χ1) is 12.9. The molecule has 6 nitrogen and oxygen atoms in total. The molecule has 1 fully saturated rings. The number of carbonyl (C=O) groups excluding carboxylic acids is 1. The molecule has 27 heavy (non-hydrogen) atoms. The standard InChI is InChI=1S/C20H22N4O2S/c1-11-5-7-14(8-6-11)20(26-4)9-24(10-20)19(25)17-16(21)15-12(2)13(3)22-23-18(15)27-17/h5-8H,9-10,21H2,1-4H3. The minimum absolute atomic E-state index is 0.0765. The number of amides is 1. The fourth-order valence-electron chi connectivity index (χ4n) is 3.54. The van der Waals surface area contributed by atoms with E-state index < -0.39 is 5.60 Å². The smallest absolute Gasteiger partial charge is 0.266 e. The lowest BCUT2D eigenvalue weighted by molar-refractivity contribution is -0.114. The van der Waals surface area contributed by atoms with Gasteiger partial charge in [0.2, 0.25) is 0 Å². The van der Waals surface area contributed by atoms with E-state index in [1.807, 2.05) is 13.8 Å². The van der Waals surface area contributed by atoms with Crippen LogP contribution in [0.15, 0.2) is 24.3 Å². The van der Waals surface area contributed by atoms with Crippen molar-refractivity contribution in [3.8, 4) is 0 Å². The number of methoxy groups -OCH3 is 1. The maximum absolute atomic E-state index is 13.1. The highest BCUT2D eigenvalue weighted by molar-refractivity contribution is 7.21. The van der Waals surface area contributed by atoms with E-state index in [4.69, 9.17) is 10.5 Å². The Kier molecular flexibility index (Phi) is 4.16. The first-order valence-corrected chi connectivity index (χ1v) is 9.61. The summed E-state index contributed by atoms with van der Waals surface area (Å²) in [5.74, 6) is -0.0765. The number of carbonyl (C=O) groups is 1. The Morgan fingerprint density at radius 3 is 2.48 bits per heavy atom. The van der Waals surface area contributed by atoms with E-state index in [2.05, 4.69) is 41.4 Å². The second-order valence-electron chi connectivity index (χ2n) is 7.16. The Labute approximate surface area is 162 Å². The monoisotopic (exact) mass is 382 g/mol. The second-order valence-corrected chi connectivity index (χ2v) is 8.16. The van der Waals surface area contributed by atoms with Gasteiger partial charge in [0.25, 0.3) is 5.91 Å². The summed E-state index contributed by atoms with van der Waals surface area (Å²) in [6.45, 7) is 6.91. The van der Waals surface area contributed by atoms with Gasteiger partial charge in [-0.1, -0.05) is 29.8 Å². The molecule has 1 amide bonds. The molecule has 2 N–H and O–H groups in total. The minimum atomic E-state index is -0.457. The minimum Gasteiger partial charge on any atom is -0.397 e. The van der Waals surface area contributed by atoms with Gasteiger partial charge in [-0.05, 0) is 31.9 Å². The van der Waals surface area contributed by atoms with E-state index in [-0.39, 0.29) is 5.91 Å². The lowest BCUT2D eigenvalue weighted by Gasteiger charge is -2.49. The van der Waals surface area contributed by atoms with Gasteiger partial charge in [0.1, 0.15) is 15.3 Å². The van der Waals surface area contributed by atoms with E-state index >= 15 is 0 Å². The van der Waals surface area contributed by atoms with Gasteiger partial charge in [0, 0.05) is 12.5 Å². The van der Waals surface area contributed by atoms with Crippen molar-refractivity contribution in [3.63, 3.8) is 0 Å². The zero-order valence-electron chi connectivity index (χ0n) is 15.9. The Hall–Kier alpha value is -2.51. The third-order valence-electron chi connectivity index (χ3n) is 5.48. The molecule has 1 aliphatic rings. The van der Waals surface area contributed by atoms with Gasteiger partial charge >= 0.3 is 0 Å². The van der Waals surface area contributed by atoms with Crippen LogP contribution in [0.4, 0.5) is 5.69 Å². The maximum atomic E-state index is 13.1. The average molecular weight is 382 g/mol. The molecule has 0 radical (unpaired) electrons. The molecule has 1 saturated heterocycles. The molecule has 0 unspecified atom stereocenters. The summed E-state index contributed by atoms with van der Waals surface area (Å²) in [7, 11) is 1.69. The number of aryl methyl sites for hydroxylation is 3. The fourth-order valence-corrected chi connectivity index (χ4v) is 4.61. The van der Waals surface area contributed by atoms with Crippen molar-refractivity contribution < 1.29 is 9.53 Å². The van der Waals surface area contributed by atoms with Gasteiger partial charge in [0.15, 0.2) is 0 Å². The number of fused-ring (bicyclic) bond motifs is 1. The molecule has 1 aliphatic heterocycles. The molecule has 1 aromatic carbocycles. The molecule has 0 atom stereocenters. The third kappa shape index (κ3) is 2.69. The number of benzene rings is 1. The van der Waals surface area contributed by atoms with Crippen LogP contribution in [-0.4, -0.2) is 41.2 Å². The number of thiophene rings is 1. The van der Waals surface area contributed by atoms with E-state index in [1.54, 1.807) is 12.0 Å². The van der Waals surface area contributed by atoms with Crippen LogP contribution < -0.4 is 5.73 Å². The van der Waals surface area contributed by atoms with E-state index in [0.29, 0.717) is 28.5 Å². The van der Waals surface area contributed by atoms with Gasteiger partial charge in [-0.25, -0.2) is 0 Å². The van der Waals surface area contributed by atoms with Crippen LogP contribution in [-0.2, 0) is 10.3 Å². The van der Waals surface area contributed by atoms with Gasteiger partial charge in [-0.15, -0.1) is 16.4 Å².